The summed E-state index contributed by atoms with van der Waals surface area (Å²) >= 11 is 0. The zero-order valence-electron chi connectivity index (χ0n) is 10.5. The number of benzene rings is 1. The van der Waals surface area contributed by atoms with Crippen LogP contribution in [0.2, 0.25) is 0 Å². The third-order valence-corrected chi connectivity index (χ3v) is 2.34. The van der Waals surface area contributed by atoms with Gasteiger partial charge in [-0.3, -0.25) is 4.79 Å². The monoisotopic (exact) mass is 255 g/mol. The molecule has 1 aromatic carbocycles. The molecule has 0 aliphatic heterocycles. The molecular formula is C12H18FN3O2. The van der Waals surface area contributed by atoms with Gasteiger partial charge in [0.2, 0.25) is 5.91 Å². The highest BCUT2D eigenvalue weighted by molar-refractivity contribution is 5.82. The van der Waals surface area contributed by atoms with E-state index in [1.807, 2.05) is 6.92 Å². The molecule has 0 saturated carbocycles. The molecule has 0 spiro atoms. The van der Waals surface area contributed by atoms with Crippen LogP contribution < -0.4 is 21.1 Å². The number of hydrogen-bond donors (Lipinski definition) is 3. The minimum Gasteiger partial charge on any atom is -0.494 e. The molecule has 100 valence electrons. The summed E-state index contributed by atoms with van der Waals surface area (Å²) in [5.41, 5.74) is 6.35. The highest BCUT2D eigenvalue weighted by atomic mass is 19.1. The molecule has 1 aromatic rings. The zero-order valence-corrected chi connectivity index (χ0v) is 10.5. The van der Waals surface area contributed by atoms with Gasteiger partial charge in [0, 0.05) is 18.7 Å². The first-order valence-corrected chi connectivity index (χ1v) is 5.72. The Labute approximate surface area is 106 Å². The van der Waals surface area contributed by atoms with Crippen LogP contribution in [0.5, 0.6) is 5.75 Å². The van der Waals surface area contributed by atoms with Gasteiger partial charge >= 0.3 is 0 Å². The summed E-state index contributed by atoms with van der Waals surface area (Å²) < 4.78 is 18.1. The van der Waals surface area contributed by atoms with Crippen molar-refractivity contribution in [2.45, 2.75) is 13.3 Å². The Morgan fingerprint density at radius 1 is 1.50 bits per heavy atom. The minimum absolute atomic E-state index is 0.0823. The fourth-order valence-corrected chi connectivity index (χ4v) is 1.38. The van der Waals surface area contributed by atoms with Crippen LogP contribution in [0.3, 0.4) is 0 Å². The molecule has 0 aromatic heterocycles. The molecule has 0 atom stereocenters. The number of ether oxygens (including phenoxy) is 1. The molecule has 0 aliphatic rings. The number of rotatable bonds is 6. The molecule has 18 heavy (non-hydrogen) atoms. The fourth-order valence-electron chi connectivity index (χ4n) is 1.38. The molecule has 0 fully saturated rings. The van der Waals surface area contributed by atoms with Crippen LogP contribution >= 0.6 is 0 Å². The second-order valence-corrected chi connectivity index (χ2v) is 3.78. The van der Waals surface area contributed by atoms with Crippen LogP contribution in [0, 0.1) is 5.82 Å². The predicted molar refractivity (Wildman–Crippen MR) is 69.2 cm³/mol. The predicted octanol–water partition coefficient (Wildman–Crippen LogP) is 1.35. The van der Waals surface area contributed by atoms with Gasteiger partial charge in [0.1, 0.15) is 0 Å². The lowest BCUT2D eigenvalue weighted by Crippen LogP contribution is -2.30. The number of nitrogens with two attached hydrogens (primary N) is 1. The second kappa shape index (κ2) is 6.68. The van der Waals surface area contributed by atoms with Crippen molar-refractivity contribution in [2.75, 3.05) is 31.2 Å². The van der Waals surface area contributed by atoms with E-state index in [1.54, 1.807) is 0 Å². The lowest BCUT2D eigenvalue weighted by molar-refractivity contribution is -0.119. The van der Waals surface area contributed by atoms with Crippen LogP contribution in [0.15, 0.2) is 12.1 Å². The maximum Gasteiger partial charge on any atom is 0.239 e. The summed E-state index contributed by atoms with van der Waals surface area (Å²) in [6.45, 7) is 2.68. The number of amides is 1. The van der Waals surface area contributed by atoms with Crippen molar-refractivity contribution in [3.8, 4) is 5.75 Å². The van der Waals surface area contributed by atoms with Crippen molar-refractivity contribution in [3.05, 3.63) is 17.9 Å². The SMILES string of the molecule is CCCNC(=O)CNc1cc(OC)c(F)cc1N. The quantitative estimate of drug-likeness (QED) is 0.671. The first-order chi connectivity index (χ1) is 8.58. The van der Waals surface area contributed by atoms with Crippen molar-refractivity contribution in [3.63, 3.8) is 0 Å². The number of anilines is 2. The molecule has 0 heterocycles. The van der Waals surface area contributed by atoms with Crippen molar-refractivity contribution in [2.24, 2.45) is 0 Å². The largest absolute Gasteiger partial charge is 0.494 e. The second-order valence-electron chi connectivity index (χ2n) is 3.78. The third kappa shape index (κ3) is 3.80. The molecule has 5 nitrogen and oxygen atoms in total. The molecule has 0 radical (unpaired) electrons. The highest BCUT2D eigenvalue weighted by Crippen LogP contribution is 2.27. The van der Waals surface area contributed by atoms with E-state index in [2.05, 4.69) is 10.6 Å². The normalized spacial score (nSPS) is 9.94. The number of nitrogen functional groups attached to an aromatic ring is 1. The summed E-state index contributed by atoms with van der Waals surface area (Å²) in [7, 11) is 1.37. The van der Waals surface area contributed by atoms with Crippen LogP contribution in [0.4, 0.5) is 15.8 Å². The van der Waals surface area contributed by atoms with Crippen molar-refractivity contribution < 1.29 is 13.9 Å². The number of carbonyl (C=O) groups is 1. The molecule has 0 aliphatic carbocycles. The van der Waals surface area contributed by atoms with E-state index < -0.39 is 5.82 Å². The first-order valence-electron chi connectivity index (χ1n) is 5.72. The van der Waals surface area contributed by atoms with Crippen LogP contribution in [-0.2, 0) is 4.79 Å². The molecule has 1 rings (SSSR count). The molecule has 0 unspecified atom stereocenters. The van der Waals surface area contributed by atoms with Gasteiger partial charge in [-0.15, -0.1) is 0 Å². The standard InChI is InChI=1S/C12H18FN3O2/c1-3-4-15-12(17)7-16-10-6-11(18-2)8(13)5-9(10)14/h5-6,16H,3-4,7,14H2,1-2H3,(H,15,17). The number of nitrogens with one attached hydrogen (secondary N) is 2. The Bertz CT molecular complexity index is 424. The van der Waals surface area contributed by atoms with Crippen molar-refractivity contribution in [1.29, 1.82) is 0 Å². The average molecular weight is 255 g/mol. The van der Waals surface area contributed by atoms with E-state index in [9.17, 15) is 9.18 Å². The van der Waals surface area contributed by atoms with Crippen LogP contribution in [0.1, 0.15) is 13.3 Å². The van der Waals surface area contributed by atoms with E-state index in [4.69, 9.17) is 10.5 Å². The van der Waals surface area contributed by atoms with Crippen LogP contribution in [0.25, 0.3) is 0 Å². The fraction of sp³-hybridized carbons (Fsp3) is 0.417. The Morgan fingerprint density at radius 2 is 2.22 bits per heavy atom. The van der Waals surface area contributed by atoms with E-state index in [1.165, 1.54) is 13.2 Å². The van der Waals surface area contributed by atoms with Gasteiger partial charge in [0.25, 0.3) is 0 Å². The Balaban J connectivity index is 2.64. The summed E-state index contributed by atoms with van der Waals surface area (Å²) in [6.07, 6.45) is 0.873. The van der Waals surface area contributed by atoms with Gasteiger partial charge in [0.05, 0.1) is 25.0 Å². The number of halogens is 1. The molecule has 0 saturated heterocycles. The summed E-state index contributed by atoms with van der Waals surface area (Å²) in [5.74, 6) is -0.587. The van der Waals surface area contributed by atoms with Crippen LogP contribution in [-0.4, -0.2) is 26.1 Å². The maximum atomic E-state index is 13.3. The lowest BCUT2D eigenvalue weighted by Gasteiger charge is -2.11. The van der Waals surface area contributed by atoms with Gasteiger partial charge < -0.3 is 21.1 Å². The Morgan fingerprint density at radius 3 is 2.83 bits per heavy atom. The van der Waals surface area contributed by atoms with Gasteiger partial charge in [0.15, 0.2) is 11.6 Å². The van der Waals surface area contributed by atoms with E-state index >= 15 is 0 Å². The molecule has 0 bridgehead atoms. The molecule has 4 N–H and O–H groups in total. The summed E-state index contributed by atoms with van der Waals surface area (Å²) in [6, 6.07) is 2.59. The van der Waals surface area contributed by atoms with E-state index in [-0.39, 0.29) is 23.9 Å². The maximum absolute atomic E-state index is 13.3. The van der Waals surface area contributed by atoms with Crippen molar-refractivity contribution in [1.82, 2.24) is 5.32 Å². The van der Waals surface area contributed by atoms with Gasteiger partial charge in [-0.25, -0.2) is 4.39 Å². The number of carbonyl (C=O) groups excluding carboxylic acids is 1. The first kappa shape index (κ1) is 14.1. The highest BCUT2D eigenvalue weighted by Gasteiger charge is 2.09. The molecule has 6 heteroatoms. The molecular weight excluding hydrogens is 237 g/mol. The number of methoxy groups -OCH3 is 1. The Hall–Kier alpha value is -1.98. The lowest BCUT2D eigenvalue weighted by atomic mass is 10.2. The van der Waals surface area contributed by atoms with Gasteiger partial charge in [-0.05, 0) is 6.42 Å². The van der Waals surface area contributed by atoms with Gasteiger partial charge in [-0.2, -0.15) is 0 Å². The van der Waals surface area contributed by atoms with E-state index in [0.29, 0.717) is 12.2 Å². The average Bonchev–Trinajstić information content (AvgIpc) is 2.35. The summed E-state index contributed by atoms with van der Waals surface area (Å²) in [5, 5.41) is 5.55. The van der Waals surface area contributed by atoms with E-state index in [0.717, 1.165) is 12.5 Å². The minimum atomic E-state index is -0.531. The van der Waals surface area contributed by atoms with Gasteiger partial charge in [-0.1, -0.05) is 6.92 Å². The molecule has 1 amide bonds. The van der Waals surface area contributed by atoms with Crippen molar-refractivity contribution >= 4 is 17.3 Å². The zero-order chi connectivity index (χ0) is 13.5. The Kier molecular flexibility index (Phi) is 5.23. The summed E-state index contributed by atoms with van der Waals surface area (Å²) in [4.78, 5) is 11.4. The number of hydrogen-bond acceptors (Lipinski definition) is 4. The smallest absolute Gasteiger partial charge is 0.239 e. The third-order valence-electron chi connectivity index (χ3n) is 2.34. The topological polar surface area (TPSA) is 76.4 Å².